The van der Waals surface area contributed by atoms with E-state index < -0.39 is 72.8 Å². The van der Waals surface area contributed by atoms with E-state index in [1.165, 1.54) is 0 Å². The van der Waals surface area contributed by atoms with Gasteiger partial charge in [-0.25, -0.2) is 9.59 Å². The monoisotopic (exact) mass is 350 g/mol. The number of ether oxygens (including phenoxy) is 2. The first-order valence-electron chi connectivity index (χ1n) is 6.74. The Kier molecular flexibility index (Phi) is 6.26. The molecule has 0 aromatic heterocycles. The van der Waals surface area contributed by atoms with E-state index in [1.807, 2.05) is 0 Å². The second-order valence-corrected chi connectivity index (χ2v) is 5.33. The van der Waals surface area contributed by atoms with Gasteiger partial charge in [0.2, 0.25) is 5.76 Å². The number of Topliss-reactive ketones (excluding diaryl/α,β-unsaturated/α-hetero) is 1. The summed E-state index contributed by atoms with van der Waals surface area (Å²) in [6.07, 6.45) is -6.80. The molecule has 1 heterocycles. The number of aliphatic carboxylic acids is 1. The quantitative estimate of drug-likeness (QED) is 0.201. The highest BCUT2D eigenvalue weighted by molar-refractivity contribution is 5.89. The molecule has 4 atom stereocenters. The third-order valence-corrected chi connectivity index (χ3v) is 3.20. The van der Waals surface area contributed by atoms with Gasteiger partial charge in [0.05, 0.1) is 6.61 Å². The fourth-order valence-corrected chi connectivity index (χ4v) is 2.02. The van der Waals surface area contributed by atoms with Crippen LogP contribution in [0.3, 0.4) is 0 Å². The van der Waals surface area contributed by atoms with Crippen molar-refractivity contribution in [2.24, 2.45) is 0 Å². The molecule has 1 rings (SSSR count). The first-order chi connectivity index (χ1) is 11.0. The van der Waals surface area contributed by atoms with Gasteiger partial charge in [0.15, 0.2) is 23.8 Å². The van der Waals surface area contributed by atoms with Gasteiger partial charge in [-0.3, -0.25) is 4.79 Å². The summed E-state index contributed by atoms with van der Waals surface area (Å²) >= 11 is 0. The van der Waals surface area contributed by atoms with Crippen LogP contribution in [-0.2, 0) is 23.9 Å². The number of hydrogen-bond donors (Lipinski definition) is 6. The van der Waals surface area contributed by atoms with E-state index >= 15 is 0 Å². The van der Waals surface area contributed by atoms with E-state index in [0.29, 0.717) is 0 Å². The van der Waals surface area contributed by atoms with E-state index in [0.717, 1.165) is 6.92 Å². The molecule has 0 saturated heterocycles. The summed E-state index contributed by atoms with van der Waals surface area (Å²) in [4.78, 5) is 33.0. The van der Waals surface area contributed by atoms with Crippen molar-refractivity contribution in [1.82, 2.24) is 0 Å². The van der Waals surface area contributed by atoms with Gasteiger partial charge in [-0.2, -0.15) is 0 Å². The van der Waals surface area contributed by atoms with Gasteiger partial charge >= 0.3 is 11.9 Å². The van der Waals surface area contributed by atoms with Crippen molar-refractivity contribution in [2.45, 2.75) is 43.9 Å². The standard InChI is InChI=1S/C13H18O11/c1-5(14)2-13(22,12(20)21)3-7(16)23-4-6(15)10-8(17)9(18)11(19)24-10/h6-7,10,15-18,22H,2-4H2,1H3,(H,20,21)/t6-,7?,10+,13?/m0/s1. The number of carbonyl (C=O) groups excluding carboxylic acids is 2. The lowest BCUT2D eigenvalue weighted by Gasteiger charge is -2.26. The number of esters is 1. The van der Waals surface area contributed by atoms with Crippen molar-refractivity contribution in [3.63, 3.8) is 0 Å². The first-order valence-corrected chi connectivity index (χ1v) is 6.74. The molecule has 2 unspecified atom stereocenters. The van der Waals surface area contributed by atoms with Gasteiger partial charge in [0.25, 0.3) is 0 Å². The minimum absolute atomic E-state index is 0.629. The zero-order chi connectivity index (χ0) is 18.7. The van der Waals surface area contributed by atoms with Gasteiger partial charge in [0, 0.05) is 12.8 Å². The maximum atomic E-state index is 11.0. The third-order valence-electron chi connectivity index (χ3n) is 3.20. The lowest BCUT2D eigenvalue weighted by atomic mass is 9.93. The van der Waals surface area contributed by atoms with Gasteiger partial charge in [-0.05, 0) is 6.92 Å². The van der Waals surface area contributed by atoms with Crippen LogP contribution in [0.2, 0.25) is 0 Å². The SMILES string of the molecule is CC(=O)CC(O)(CC(O)OC[C@H](O)[C@H]1OC(=O)C(O)=C1O)C(=O)O. The number of carbonyl (C=O) groups is 3. The molecule has 0 radical (unpaired) electrons. The van der Waals surface area contributed by atoms with Crippen molar-refractivity contribution in [3.05, 3.63) is 11.5 Å². The molecule has 0 aliphatic carbocycles. The molecule has 0 amide bonds. The highest BCUT2D eigenvalue weighted by Crippen LogP contribution is 2.23. The zero-order valence-electron chi connectivity index (χ0n) is 12.6. The number of rotatable bonds is 9. The van der Waals surface area contributed by atoms with Crippen LogP contribution in [0.5, 0.6) is 0 Å². The summed E-state index contributed by atoms with van der Waals surface area (Å²) in [6.45, 7) is 0.327. The van der Waals surface area contributed by atoms with Crippen LogP contribution in [0.1, 0.15) is 19.8 Å². The number of aliphatic hydroxyl groups excluding tert-OH is 4. The number of cyclic esters (lactones) is 1. The average Bonchev–Trinajstić information content (AvgIpc) is 2.71. The lowest BCUT2D eigenvalue weighted by Crippen LogP contribution is -2.44. The largest absolute Gasteiger partial charge is 0.505 e. The lowest BCUT2D eigenvalue weighted by molar-refractivity contribution is -0.187. The van der Waals surface area contributed by atoms with Crippen LogP contribution in [0.15, 0.2) is 11.5 Å². The molecule has 0 fully saturated rings. The molecule has 11 heteroatoms. The molecule has 0 spiro atoms. The Morgan fingerprint density at radius 1 is 1.33 bits per heavy atom. The fourth-order valence-electron chi connectivity index (χ4n) is 2.02. The van der Waals surface area contributed by atoms with E-state index in [2.05, 4.69) is 4.74 Å². The maximum absolute atomic E-state index is 11.0. The Morgan fingerprint density at radius 3 is 2.33 bits per heavy atom. The summed E-state index contributed by atoms with van der Waals surface area (Å²) in [5.41, 5.74) is -2.56. The molecule has 6 N–H and O–H groups in total. The van der Waals surface area contributed by atoms with Crippen LogP contribution in [0.4, 0.5) is 0 Å². The molecular formula is C13H18O11. The highest BCUT2D eigenvalue weighted by Gasteiger charge is 2.42. The van der Waals surface area contributed by atoms with Gasteiger partial charge < -0.3 is 40.1 Å². The minimum Gasteiger partial charge on any atom is -0.505 e. The van der Waals surface area contributed by atoms with Crippen molar-refractivity contribution < 1.29 is 54.5 Å². The molecule has 1 aliphatic rings. The summed E-state index contributed by atoms with van der Waals surface area (Å²) in [6, 6.07) is 0. The average molecular weight is 350 g/mol. The van der Waals surface area contributed by atoms with Crippen molar-refractivity contribution in [2.75, 3.05) is 6.61 Å². The summed E-state index contributed by atoms with van der Waals surface area (Å²) in [5, 5.41) is 56.5. The Labute approximate surface area is 135 Å². The van der Waals surface area contributed by atoms with Gasteiger partial charge in [-0.1, -0.05) is 0 Å². The van der Waals surface area contributed by atoms with Crippen LogP contribution in [0.25, 0.3) is 0 Å². The zero-order valence-corrected chi connectivity index (χ0v) is 12.6. The fraction of sp³-hybridized carbons (Fsp3) is 0.615. The van der Waals surface area contributed by atoms with Crippen molar-refractivity contribution in [3.8, 4) is 0 Å². The second-order valence-electron chi connectivity index (χ2n) is 5.33. The number of ketones is 1. The summed E-state index contributed by atoms with van der Waals surface area (Å²) in [5.74, 6) is -5.60. The van der Waals surface area contributed by atoms with Crippen LogP contribution in [0, 0.1) is 0 Å². The number of carboxylic acids is 1. The highest BCUT2D eigenvalue weighted by atomic mass is 16.6. The molecular weight excluding hydrogens is 332 g/mol. The molecule has 24 heavy (non-hydrogen) atoms. The predicted molar refractivity (Wildman–Crippen MR) is 72.6 cm³/mol. The summed E-state index contributed by atoms with van der Waals surface area (Å²) in [7, 11) is 0. The van der Waals surface area contributed by atoms with Crippen molar-refractivity contribution >= 4 is 17.7 Å². The normalized spacial score (nSPS) is 22.7. The third kappa shape index (κ3) is 4.64. The Morgan fingerprint density at radius 2 is 1.92 bits per heavy atom. The molecule has 1 aliphatic heterocycles. The van der Waals surface area contributed by atoms with Crippen LogP contribution in [-0.4, -0.2) is 79.1 Å². The van der Waals surface area contributed by atoms with E-state index in [4.69, 9.17) is 14.9 Å². The Bertz CT molecular complexity index is 554. The number of aliphatic hydroxyl groups is 5. The smallest absolute Gasteiger partial charge is 0.377 e. The molecule has 0 aromatic carbocycles. The summed E-state index contributed by atoms with van der Waals surface area (Å²) < 4.78 is 9.19. The Hall–Kier alpha value is -2.21. The first kappa shape index (κ1) is 19.8. The van der Waals surface area contributed by atoms with Gasteiger partial charge in [0.1, 0.15) is 11.9 Å². The van der Waals surface area contributed by atoms with Gasteiger partial charge in [-0.15, -0.1) is 0 Å². The molecule has 136 valence electrons. The maximum Gasteiger partial charge on any atom is 0.377 e. The molecule has 0 bridgehead atoms. The number of carboxylic acid groups (broad SMARTS) is 1. The van der Waals surface area contributed by atoms with E-state index in [1.54, 1.807) is 0 Å². The van der Waals surface area contributed by atoms with E-state index in [-0.39, 0.29) is 0 Å². The van der Waals surface area contributed by atoms with Crippen LogP contribution >= 0.6 is 0 Å². The predicted octanol–water partition coefficient (Wildman–Crippen LogP) is -1.88. The minimum atomic E-state index is -2.56. The second kappa shape index (κ2) is 7.57. The van der Waals surface area contributed by atoms with Crippen molar-refractivity contribution in [1.29, 1.82) is 0 Å². The molecule has 11 nitrogen and oxygen atoms in total. The van der Waals surface area contributed by atoms with Crippen LogP contribution < -0.4 is 0 Å². The number of hydrogen-bond acceptors (Lipinski definition) is 10. The topological polar surface area (TPSA) is 191 Å². The molecule has 0 aromatic rings. The molecule has 0 saturated carbocycles. The van der Waals surface area contributed by atoms with E-state index in [9.17, 15) is 34.8 Å². The Balaban J connectivity index is 2.59.